The van der Waals surface area contributed by atoms with Gasteiger partial charge in [0.15, 0.2) is 0 Å². The number of hydrogen-bond donors (Lipinski definition) is 0. The smallest absolute Gasteiger partial charge is 0.127 e. The summed E-state index contributed by atoms with van der Waals surface area (Å²) in [6.07, 6.45) is 0. The second-order valence-corrected chi connectivity index (χ2v) is 9.76. The Kier molecular flexibility index (Phi) is 7.80. The van der Waals surface area contributed by atoms with Gasteiger partial charge in [-0.05, 0) is 93.4 Å². The second kappa shape index (κ2) is 11.8. The highest BCUT2D eigenvalue weighted by molar-refractivity contribution is 5.82. The maximum atomic E-state index is 6.10. The van der Waals surface area contributed by atoms with E-state index >= 15 is 0 Å². The number of aryl methyl sites for hydroxylation is 1. The van der Waals surface area contributed by atoms with Gasteiger partial charge in [0.1, 0.15) is 17.2 Å². The van der Waals surface area contributed by atoms with Crippen LogP contribution in [-0.2, 0) is 0 Å². The fraction of sp³-hybridized carbons (Fsp3) is 0.0526. The van der Waals surface area contributed by atoms with E-state index in [1.54, 1.807) is 7.11 Å². The molecule has 5 aromatic rings. The molecule has 0 unspecified atom stereocenters. The van der Waals surface area contributed by atoms with Crippen LogP contribution >= 0.6 is 0 Å². The average Bonchev–Trinajstić information content (AvgIpc) is 3.01. The molecule has 0 aliphatic heterocycles. The molecule has 0 spiro atoms. The van der Waals surface area contributed by atoms with Crippen LogP contribution in [0.3, 0.4) is 0 Å². The lowest BCUT2D eigenvalue weighted by molar-refractivity contribution is 0.415. The molecule has 0 radical (unpaired) electrons. The highest BCUT2D eigenvalue weighted by Gasteiger charge is 2.08. The van der Waals surface area contributed by atoms with Gasteiger partial charge in [-0.1, -0.05) is 110 Å². The van der Waals surface area contributed by atoms with E-state index in [4.69, 9.17) is 9.47 Å². The zero-order valence-corrected chi connectivity index (χ0v) is 23.0. The summed E-state index contributed by atoms with van der Waals surface area (Å²) in [6.45, 7) is 15.0. The Hall–Kier alpha value is -5.08. The summed E-state index contributed by atoms with van der Waals surface area (Å²) >= 11 is 0. The quantitative estimate of drug-likeness (QED) is 0.192. The van der Waals surface area contributed by atoms with Gasteiger partial charge in [0.25, 0.3) is 0 Å². The highest BCUT2D eigenvalue weighted by Crippen LogP contribution is 2.30. The van der Waals surface area contributed by atoms with Crippen LogP contribution < -0.4 is 9.47 Å². The van der Waals surface area contributed by atoms with Gasteiger partial charge in [-0.15, -0.1) is 0 Å². The monoisotopic (exact) mass is 520 g/mol. The van der Waals surface area contributed by atoms with Crippen molar-refractivity contribution in [1.29, 1.82) is 0 Å². The number of hydrogen-bond acceptors (Lipinski definition) is 2. The van der Waals surface area contributed by atoms with E-state index in [1.807, 2.05) is 72.8 Å². The summed E-state index contributed by atoms with van der Waals surface area (Å²) in [5, 5.41) is 0. The zero-order chi connectivity index (χ0) is 28.1. The van der Waals surface area contributed by atoms with Crippen molar-refractivity contribution in [2.24, 2.45) is 0 Å². The molecule has 0 heterocycles. The fourth-order valence-corrected chi connectivity index (χ4v) is 4.50. The van der Waals surface area contributed by atoms with E-state index in [9.17, 15) is 0 Å². The van der Waals surface area contributed by atoms with Gasteiger partial charge in [-0.25, -0.2) is 0 Å². The van der Waals surface area contributed by atoms with Gasteiger partial charge in [0.05, 0.1) is 7.11 Å². The van der Waals surface area contributed by atoms with Crippen LogP contribution in [0.2, 0.25) is 0 Å². The SMILES string of the molecule is C=C(c1ccc(OC)cc1)c1ccc(Oc2ccc(C(=C)c3ccc(C(=C)c4ccc(C)cc4)cc3)cc2)cc1. The van der Waals surface area contributed by atoms with Gasteiger partial charge in [-0.2, -0.15) is 0 Å². The lowest BCUT2D eigenvalue weighted by atomic mass is 9.94. The van der Waals surface area contributed by atoms with Crippen LogP contribution in [-0.4, -0.2) is 7.11 Å². The Morgan fingerprint density at radius 2 is 0.650 bits per heavy atom. The Labute approximate surface area is 237 Å². The molecule has 196 valence electrons. The van der Waals surface area contributed by atoms with E-state index in [0.717, 1.165) is 67.3 Å². The molecule has 2 heteroatoms. The van der Waals surface area contributed by atoms with Crippen molar-refractivity contribution in [3.63, 3.8) is 0 Å². The summed E-state index contributed by atoms with van der Waals surface area (Å²) in [4.78, 5) is 0. The molecule has 0 aliphatic carbocycles. The Morgan fingerprint density at radius 3 is 0.950 bits per heavy atom. The molecule has 0 N–H and O–H groups in total. The van der Waals surface area contributed by atoms with Gasteiger partial charge >= 0.3 is 0 Å². The Balaban J connectivity index is 1.21. The number of rotatable bonds is 9. The minimum absolute atomic E-state index is 0.766. The molecule has 40 heavy (non-hydrogen) atoms. The third-order valence-electron chi connectivity index (χ3n) is 7.06. The van der Waals surface area contributed by atoms with E-state index in [2.05, 4.69) is 75.2 Å². The van der Waals surface area contributed by atoms with E-state index in [0.29, 0.717) is 0 Å². The molecule has 0 aliphatic rings. The number of ether oxygens (including phenoxy) is 2. The average molecular weight is 521 g/mol. The predicted octanol–water partition coefficient (Wildman–Crippen LogP) is 9.98. The summed E-state index contributed by atoms with van der Waals surface area (Å²) in [5.41, 5.74) is 10.6. The van der Waals surface area contributed by atoms with Gasteiger partial charge in [0.2, 0.25) is 0 Å². The van der Waals surface area contributed by atoms with Crippen LogP contribution in [0, 0.1) is 6.92 Å². The minimum Gasteiger partial charge on any atom is -0.497 e. The molecule has 0 bridgehead atoms. The first-order valence-corrected chi connectivity index (χ1v) is 13.2. The van der Waals surface area contributed by atoms with Crippen LogP contribution in [0.25, 0.3) is 16.7 Å². The molecule has 0 amide bonds. The highest BCUT2D eigenvalue weighted by atomic mass is 16.5. The molecule has 0 fully saturated rings. The van der Waals surface area contributed by atoms with Crippen molar-refractivity contribution >= 4 is 16.7 Å². The molecule has 0 saturated heterocycles. The summed E-state index contributed by atoms with van der Waals surface area (Å²) in [6, 6.07) is 40.7. The normalized spacial score (nSPS) is 10.6. The minimum atomic E-state index is 0.766. The Morgan fingerprint density at radius 1 is 0.400 bits per heavy atom. The molecular weight excluding hydrogens is 488 g/mol. The van der Waals surface area contributed by atoms with Crippen molar-refractivity contribution in [1.82, 2.24) is 0 Å². The van der Waals surface area contributed by atoms with Crippen LogP contribution in [0.5, 0.6) is 17.2 Å². The van der Waals surface area contributed by atoms with Crippen molar-refractivity contribution in [2.45, 2.75) is 6.92 Å². The second-order valence-electron chi connectivity index (χ2n) is 9.76. The third-order valence-corrected chi connectivity index (χ3v) is 7.06. The molecule has 0 aromatic heterocycles. The number of methoxy groups -OCH3 is 1. The first-order valence-electron chi connectivity index (χ1n) is 13.2. The van der Waals surface area contributed by atoms with E-state index in [-0.39, 0.29) is 0 Å². The standard InChI is InChI=1S/C38H32O2/c1-26-6-8-30(9-7-26)27(2)31-10-12-32(13-11-31)28(3)34-16-22-37(23-17-34)40-38-24-18-35(19-25-38)29(4)33-14-20-36(39-5)21-15-33/h6-25H,2-4H2,1,5H3. The van der Waals surface area contributed by atoms with Crippen LogP contribution in [0.1, 0.15) is 38.9 Å². The number of benzene rings is 5. The van der Waals surface area contributed by atoms with Crippen LogP contribution in [0.4, 0.5) is 0 Å². The molecule has 0 saturated carbocycles. The summed E-state index contributed by atoms with van der Waals surface area (Å²) < 4.78 is 11.3. The van der Waals surface area contributed by atoms with Crippen LogP contribution in [0.15, 0.2) is 141 Å². The van der Waals surface area contributed by atoms with Crippen molar-refractivity contribution in [2.75, 3.05) is 7.11 Å². The Bertz CT molecular complexity index is 1640. The molecule has 5 aromatic carbocycles. The van der Waals surface area contributed by atoms with Gasteiger partial charge in [0, 0.05) is 0 Å². The lowest BCUT2D eigenvalue weighted by Crippen LogP contribution is -1.91. The maximum absolute atomic E-state index is 6.10. The van der Waals surface area contributed by atoms with Crippen molar-refractivity contribution in [3.05, 3.63) is 180 Å². The van der Waals surface area contributed by atoms with E-state index < -0.39 is 0 Å². The van der Waals surface area contributed by atoms with Crippen molar-refractivity contribution in [3.8, 4) is 17.2 Å². The van der Waals surface area contributed by atoms with E-state index in [1.165, 1.54) is 5.56 Å². The summed E-state index contributed by atoms with van der Waals surface area (Å²) in [5.74, 6) is 2.36. The molecule has 5 rings (SSSR count). The topological polar surface area (TPSA) is 18.5 Å². The molecule has 0 atom stereocenters. The predicted molar refractivity (Wildman–Crippen MR) is 168 cm³/mol. The first kappa shape index (κ1) is 26.5. The molecular formula is C38H32O2. The van der Waals surface area contributed by atoms with Gasteiger partial charge in [-0.3, -0.25) is 0 Å². The fourth-order valence-electron chi connectivity index (χ4n) is 4.50. The zero-order valence-electron chi connectivity index (χ0n) is 23.0. The van der Waals surface area contributed by atoms with Gasteiger partial charge < -0.3 is 9.47 Å². The summed E-state index contributed by atoms with van der Waals surface area (Å²) in [7, 11) is 1.66. The largest absolute Gasteiger partial charge is 0.497 e. The molecule has 2 nitrogen and oxygen atoms in total. The lowest BCUT2D eigenvalue weighted by Gasteiger charge is -2.12. The van der Waals surface area contributed by atoms with Crippen molar-refractivity contribution < 1.29 is 9.47 Å². The maximum Gasteiger partial charge on any atom is 0.127 e. The third kappa shape index (κ3) is 5.98. The first-order chi connectivity index (χ1) is 19.4.